The Morgan fingerprint density at radius 1 is 1.29 bits per heavy atom. The molecule has 2 aromatic rings. The van der Waals surface area contributed by atoms with Crippen LogP contribution in [0.4, 0.5) is 10.1 Å². The lowest BCUT2D eigenvalue weighted by molar-refractivity contribution is 0.600. The average Bonchev–Trinajstić information content (AvgIpc) is 3.14. The number of nitrogens with zero attached hydrogens (tertiary/aromatic N) is 3. The Labute approximate surface area is 182 Å². The second-order valence-corrected chi connectivity index (χ2v) is 6.76. The number of anilines is 1. The molecular weight excluding hydrogens is 468 g/mol. The smallest absolute Gasteiger partial charge is 0.191 e. The zero-order chi connectivity index (χ0) is 19.2. The average molecular weight is 493 g/mol. The molecule has 2 N–H and O–H groups in total. The van der Waals surface area contributed by atoms with Crippen LogP contribution in [0.3, 0.4) is 0 Å². The lowest BCUT2D eigenvalue weighted by Gasteiger charge is -2.20. The molecule has 0 aromatic heterocycles. The first-order valence-electron chi connectivity index (χ1n) is 9.06. The van der Waals surface area contributed by atoms with Gasteiger partial charge in [0.15, 0.2) is 5.96 Å². The van der Waals surface area contributed by atoms with Crippen molar-refractivity contribution < 1.29 is 4.39 Å². The third kappa shape index (κ3) is 5.58. The molecule has 0 spiro atoms. The first-order chi connectivity index (χ1) is 13.1. The van der Waals surface area contributed by atoms with Crippen molar-refractivity contribution in [2.45, 2.75) is 25.9 Å². The number of nitriles is 1. The van der Waals surface area contributed by atoms with Gasteiger partial charge in [0.25, 0.3) is 0 Å². The topological polar surface area (TPSA) is 63.5 Å². The molecule has 1 fully saturated rings. The molecule has 0 radical (unpaired) electrons. The molecule has 1 aliphatic heterocycles. The van der Waals surface area contributed by atoms with Crippen molar-refractivity contribution in [2.75, 3.05) is 25.0 Å². The van der Waals surface area contributed by atoms with Gasteiger partial charge in [0.2, 0.25) is 0 Å². The predicted octanol–water partition coefficient (Wildman–Crippen LogP) is 3.57. The molecule has 1 unspecified atom stereocenters. The minimum absolute atomic E-state index is 0. The lowest BCUT2D eigenvalue weighted by atomic mass is 10.1. The first kappa shape index (κ1) is 22.0. The number of guanidine groups is 1. The summed E-state index contributed by atoms with van der Waals surface area (Å²) >= 11 is 0. The fourth-order valence-corrected chi connectivity index (χ4v) is 3.20. The van der Waals surface area contributed by atoms with Crippen LogP contribution in [-0.2, 0) is 6.54 Å². The summed E-state index contributed by atoms with van der Waals surface area (Å²) in [5, 5.41) is 15.4. The number of rotatable bonds is 4. The molecule has 5 nitrogen and oxygen atoms in total. The van der Waals surface area contributed by atoms with E-state index in [4.69, 9.17) is 5.26 Å². The maximum atomic E-state index is 14.0. The number of hydrogen-bond acceptors (Lipinski definition) is 3. The minimum atomic E-state index is -0.386. The molecular formula is C21H25FIN5. The van der Waals surface area contributed by atoms with Gasteiger partial charge in [-0.25, -0.2) is 4.39 Å². The van der Waals surface area contributed by atoms with Gasteiger partial charge in [0, 0.05) is 44.0 Å². The van der Waals surface area contributed by atoms with E-state index in [2.05, 4.69) is 51.7 Å². The highest BCUT2D eigenvalue weighted by Crippen LogP contribution is 2.20. The first-order valence-corrected chi connectivity index (χ1v) is 9.06. The molecule has 28 heavy (non-hydrogen) atoms. The van der Waals surface area contributed by atoms with Crippen molar-refractivity contribution in [3.05, 3.63) is 65.0 Å². The number of nitrogens with one attached hydrogen (secondary N) is 2. The van der Waals surface area contributed by atoms with E-state index in [-0.39, 0.29) is 35.8 Å². The SMILES string of the molecule is CN=C(NCc1ccc(C#N)cc1F)NC1CCN(c2ccc(C)cc2)C1.I. The second kappa shape index (κ2) is 10.3. The highest BCUT2D eigenvalue weighted by Gasteiger charge is 2.23. The van der Waals surface area contributed by atoms with E-state index >= 15 is 0 Å². The van der Waals surface area contributed by atoms with E-state index in [0.29, 0.717) is 23.6 Å². The maximum absolute atomic E-state index is 14.0. The molecule has 1 aliphatic rings. The molecule has 0 aliphatic carbocycles. The fourth-order valence-electron chi connectivity index (χ4n) is 3.20. The van der Waals surface area contributed by atoms with Crippen LogP contribution in [-0.4, -0.2) is 32.1 Å². The highest BCUT2D eigenvalue weighted by atomic mass is 127. The van der Waals surface area contributed by atoms with Crippen LogP contribution in [0.2, 0.25) is 0 Å². The van der Waals surface area contributed by atoms with Gasteiger partial charge in [-0.3, -0.25) is 4.99 Å². The molecule has 0 saturated carbocycles. The zero-order valence-electron chi connectivity index (χ0n) is 16.1. The zero-order valence-corrected chi connectivity index (χ0v) is 18.4. The molecule has 0 amide bonds. The monoisotopic (exact) mass is 493 g/mol. The van der Waals surface area contributed by atoms with Crippen LogP contribution >= 0.6 is 24.0 Å². The van der Waals surface area contributed by atoms with Crippen LogP contribution < -0.4 is 15.5 Å². The Morgan fingerprint density at radius 2 is 2.04 bits per heavy atom. The van der Waals surface area contributed by atoms with Crippen molar-refractivity contribution in [3.63, 3.8) is 0 Å². The van der Waals surface area contributed by atoms with E-state index in [0.717, 1.165) is 19.5 Å². The van der Waals surface area contributed by atoms with Gasteiger partial charge in [-0.2, -0.15) is 5.26 Å². The van der Waals surface area contributed by atoms with Gasteiger partial charge < -0.3 is 15.5 Å². The summed E-state index contributed by atoms with van der Waals surface area (Å²) in [6, 6.07) is 15.3. The van der Waals surface area contributed by atoms with Crippen molar-refractivity contribution in [1.82, 2.24) is 10.6 Å². The largest absolute Gasteiger partial charge is 0.369 e. The Morgan fingerprint density at radius 3 is 2.68 bits per heavy atom. The van der Waals surface area contributed by atoms with Crippen molar-refractivity contribution >= 4 is 35.6 Å². The summed E-state index contributed by atoms with van der Waals surface area (Å²) in [5.74, 6) is 0.262. The minimum Gasteiger partial charge on any atom is -0.369 e. The maximum Gasteiger partial charge on any atom is 0.191 e. The van der Waals surface area contributed by atoms with Crippen LogP contribution in [0.15, 0.2) is 47.5 Å². The van der Waals surface area contributed by atoms with E-state index in [1.54, 1.807) is 19.2 Å². The van der Waals surface area contributed by atoms with Gasteiger partial charge in [-0.05, 0) is 37.6 Å². The quantitative estimate of drug-likeness (QED) is 0.389. The Kier molecular flexibility index (Phi) is 8.05. The molecule has 1 atom stereocenters. The van der Waals surface area contributed by atoms with Gasteiger partial charge in [0.1, 0.15) is 5.82 Å². The summed E-state index contributed by atoms with van der Waals surface area (Å²) in [4.78, 5) is 6.59. The van der Waals surface area contributed by atoms with Crippen LogP contribution in [0.1, 0.15) is 23.1 Å². The van der Waals surface area contributed by atoms with Gasteiger partial charge >= 0.3 is 0 Å². The lowest BCUT2D eigenvalue weighted by Crippen LogP contribution is -2.44. The third-order valence-electron chi connectivity index (χ3n) is 4.78. The number of benzene rings is 2. The second-order valence-electron chi connectivity index (χ2n) is 6.76. The van der Waals surface area contributed by atoms with Gasteiger partial charge in [0.05, 0.1) is 11.6 Å². The van der Waals surface area contributed by atoms with E-state index in [1.165, 1.54) is 17.3 Å². The summed E-state index contributed by atoms with van der Waals surface area (Å²) in [6.45, 7) is 4.28. The predicted molar refractivity (Wildman–Crippen MR) is 122 cm³/mol. The van der Waals surface area contributed by atoms with Crippen LogP contribution in [0.5, 0.6) is 0 Å². The standard InChI is InChI=1S/C21H24FN5.HI/c1-15-3-7-19(8-4-15)27-10-9-18(14-27)26-21(24-2)25-13-17-6-5-16(12-23)11-20(17)22;/h3-8,11,18H,9-10,13-14H2,1-2H3,(H2,24,25,26);1H. The van der Waals surface area contributed by atoms with Crippen molar-refractivity contribution in [2.24, 2.45) is 4.99 Å². The Hall–Kier alpha value is -2.34. The molecule has 1 heterocycles. The van der Waals surface area contributed by atoms with Crippen molar-refractivity contribution in [3.8, 4) is 6.07 Å². The molecule has 0 bridgehead atoms. The number of aliphatic imine (C=N–C) groups is 1. The third-order valence-corrected chi connectivity index (χ3v) is 4.78. The Balaban J connectivity index is 0.00000280. The van der Waals surface area contributed by atoms with E-state index < -0.39 is 0 Å². The van der Waals surface area contributed by atoms with Crippen LogP contribution in [0.25, 0.3) is 0 Å². The van der Waals surface area contributed by atoms with Gasteiger partial charge in [-0.15, -0.1) is 24.0 Å². The number of aryl methyl sites for hydroxylation is 1. The normalized spacial score (nSPS) is 16.3. The van der Waals surface area contributed by atoms with E-state index in [1.807, 2.05) is 6.07 Å². The molecule has 3 rings (SSSR count). The molecule has 148 valence electrons. The molecule has 1 saturated heterocycles. The Bertz CT molecular complexity index is 860. The molecule has 7 heteroatoms. The summed E-state index contributed by atoms with van der Waals surface area (Å²) < 4.78 is 14.0. The van der Waals surface area contributed by atoms with Gasteiger partial charge in [-0.1, -0.05) is 23.8 Å². The summed E-state index contributed by atoms with van der Waals surface area (Å²) in [6.07, 6.45) is 1.01. The highest BCUT2D eigenvalue weighted by molar-refractivity contribution is 14.0. The van der Waals surface area contributed by atoms with Crippen LogP contribution in [0, 0.1) is 24.1 Å². The molecule has 2 aromatic carbocycles. The fraction of sp³-hybridized carbons (Fsp3) is 0.333. The summed E-state index contributed by atoms with van der Waals surface area (Å²) in [5.41, 5.74) is 3.31. The van der Waals surface area contributed by atoms with Crippen molar-refractivity contribution in [1.29, 1.82) is 5.26 Å². The number of hydrogen-bond donors (Lipinski definition) is 2. The van der Waals surface area contributed by atoms with E-state index in [9.17, 15) is 4.39 Å². The number of halogens is 2. The summed E-state index contributed by atoms with van der Waals surface area (Å²) in [7, 11) is 1.71.